The second-order valence-corrected chi connectivity index (χ2v) is 6.11. The first-order valence-corrected chi connectivity index (χ1v) is 8.36. The molecular weight excluding hydrogens is 294 g/mol. The molecule has 0 spiro atoms. The van der Waals surface area contributed by atoms with Crippen LogP contribution in [-0.2, 0) is 11.3 Å². The normalized spacial score (nSPS) is 20.5. The largest absolute Gasteiger partial charge is 0.454 e. The van der Waals surface area contributed by atoms with E-state index in [9.17, 15) is 4.79 Å². The van der Waals surface area contributed by atoms with Gasteiger partial charge in [-0.2, -0.15) is 0 Å². The topological polar surface area (TPSA) is 76.8 Å². The third-order valence-corrected chi connectivity index (χ3v) is 4.51. The number of hydrogen-bond acceptors (Lipinski definition) is 5. The minimum absolute atomic E-state index is 0.0374. The molecule has 0 radical (unpaired) electrons. The summed E-state index contributed by atoms with van der Waals surface area (Å²) < 4.78 is 11.1. The van der Waals surface area contributed by atoms with Crippen molar-refractivity contribution in [1.82, 2.24) is 10.2 Å². The molecule has 2 aliphatic rings. The highest BCUT2D eigenvalue weighted by Crippen LogP contribution is 2.36. The van der Waals surface area contributed by atoms with Gasteiger partial charge in [-0.05, 0) is 25.5 Å². The number of ether oxygens (including phenoxy) is 2. The first-order valence-electron chi connectivity index (χ1n) is 8.36. The van der Waals surface area contributed by atoms with E-state index < -0.39 is 0 Å². The standard InChI is InChI=1S/C17H25N3O3/c18-8-7-16(21)19-10-14-5-1-2-9-20(14)11-13-4-3-6-15-17(13)23-12-22-15/h3-4,6,14H,1-2,5,7-12,18H2,(H,19,21). The molecule has 3 N–H and O–H groups in total. The van der Waals surface area contributed by atoms with Crippen molar-refractivity contribution in [3.63, 3.8) is 0 Å². The van der Waals surface area contributed by atoms with Gasteiger partial charge in [-0.15, -0.1) is 0 Å². The Morgan fingerprint density at radius 2 is 2.26 bits per heavy atom. The van der Waals surface area contributed by atoms with Crippen molar-refractivity contribution >= 4 is 5.91 Å². The van der Waals surface area contributed by atoms with Crippen LogP contribution in [0.4, 0.5) is 0 Å². The molecule has 0 aromatic heterocycles. The van der Waals surface area contributed by atoms with E-state index in [-0.39, 0.29) is 5.91 Å². The van der Waals surface area contributed by atoms with Crippen LogP contribution in [0.1, 0.15) is 31.2 Å². The Balaban J connectivity index is 1.63. The number of nitrogens with two attached hydrogens (primary N) is 1. The first-order chi connectivity index (χ1) is 11.3. The highest BCUT2D eigenvalue weighted by atomic mass is 16.7. The Hall–Kier alpha value is -1.79. The summed E-state index contributed by atoms with van der Waals surface area (Å²) in [6.07, 6.45) is 3.90. The van der Waals surface area contributed by atoms with Crippen LogP contribution in [0.2, 0.25) is 0 Å². The van der Waals surface area contributed by atoms with Gasteiger partial charge in [0.15, 0.2) is 11.5 Å². The highest BCUT2D eigenvalue weighted by Gasteiger charge is 2.25. The van der Waals surface area contributed by atoms with E-state index in [1.54, 1.807) is 0 Å². The lowest BCUT2D eigenvalue weighted by Gasteiger charge is -2.36. The molecular formula is C17H25N3O3. The Morgan fingerprint density at radius 3 is 3.13 bits per heavy atom. The van der Waals surface area contributed by atoms with Gasteiger partial charge in [-0.1, -0.05) is 18.6 Å². The quantitative estimate of drug-likeness (QED) is 0.825. The number of carbonyl (C=O) groups is 1. The Morgan fingerprint density at radius 1 is 1.35 bits per heavy atom. The molecule has 1 aromatic carbocycles. The summed E-state index contributed by atoms with van der Waals surface area (Å²) >= 11 is 0. The zero-order valence-corrected chi connectivity index (χ0v) is 13.4. The van der Waals surface area contributed by atoms with Crippen molar-refractivity contribution in [2.24, 2.45) is 5.73 Å². The molecule has 6 heteroatoms. The van der Waals surface area contributed by atoms with E-state index in [2.05, 4.69) is 16.3 Å². The molecule has 0 saturated carbocycles. The summed E-state index contributed by atoms with van der Waals surface area (Å²) in [5, 5.41) is 3.00. The fraction of sp³-hybridized carbons (Fsp3) is 0.588. The number of carbonyl (C=O) groups excluding carboxylic acids is 1. The predicted octanol–water partition coefficient (Wildman–Crippen LogP) is 1.23. The van der Waals surface area contributed by atoms with E-state index in [0.29, 0.717) is 32.3 Å². The summed E-state index contributed by atoms with van der Waals surface area (Å²) in [4.78, 5) is 14.1. The fourth-order valence-electron chi connectivity index (χ4n) is 3.28. The lowest BCUT2D eigenvalue weighted by molar-refractivity contribution is -0.121. The fourth-order valence-corrected chi connectivity index (χ4v) is 3.28. The Kier molecular flexibility index (Phi) is 5.35. The molecule has 1 amide bonds. The summed E-state index contributed by atoms with van der Waals surface area (Å²) in [6.45, 7) is 3.25. The zero-order chi connectivity index (χ0) is 16.1. The van der Waals surface area contributed by atoms with Crippen LogP contribution < -0.4 is 20.5 Å². The van der Waals surface area contributed by atoms with Gasteiger partial charge in [0.2, 0.25) is 12.7 Å². The van der Waals surface area contributed by atoms with E-state index >= 15 is 0 Å². The van der Waals surface area contributed by atoms with Crippen LogP contribution in [0, 0.1) is 0 Å². The SMILES string of the molecule is NCCC(=O)NCC1CCCCN1Cc1cccc2c1OCO2. The maximum atomic E-state index is 11.7. The van der Waals surface area contributed by atoms with E-state index in [1.807, 2.05) is 12.1 Å². The Labute approximate surface area is 136 Å². The monoisotopic (exact) mass is 319 g/mol. The minimum Gasteiger partial charge on any atom is -0.454 e. The average molecular weight is 319 g/mol. The molecule has 2 aliphatic heterocycles. The third-order valence-electron chi connectivity index (χ3n) is 4.51. The summed E-state index contributed by atoms with van der Waals surface area (Å²) in [5.74, 6) is 1.73. The molecule has 1 unspecified atom stereocenters. The van der Waals surface area contributed by atoms with Crippen molar-refractivity contribution in [3.05, 3.63) is 23.8 Å². The number of likely N-dealkylation sites (tertiary alicyclic amines) is 1. The van der Waals surface area contributed by atoms with Crippen molar-refractivity contribution < 1.29 is 14.3 Å². The zero-order valence-electron chi connectivity index (χ0n) is 13.4. The van der Waals surface area contributed by atoms with Crippen LogP contribution in [0.25, 0.3) is 0 Å². The highest BCUT2D eigenvalue weighted by molar-refractivity contribution is 5.76. The van der Waals surface area contributed by atoms with Crippen LogP contribution in [-0.4, -0.2) is 43.3 Å². The van der Waals surface area contributed by atoms with Crippen LogP contribution in [0.3, 0.4) is 0 Å². The number of fused-ring (bicyclic) bond motifs is 1. The van der Waals surface area contributed by atoms with Crippen LogP contribution in [0.5, 0.6) is 11.5 Å². The number of piperidine rings is 1. The second-order valence-electron chi connectivity index (χ2n) is 6.11. The first kappa shape index (κ1) is 16.1. The molecule has 1 aromatic rings. The van der Waals surface area contributed by atoms with Crippen molar-refractivity contribution in [2.75, 3.05) is 26.4 Å². The maximum Gasteiger partial charge on any atom is 0.231 e. The van der Waals surface area contributed by atoms with Crippen molar-refractivity contribution in [1.29, 1.82) is 0 Å². The van der Waals surface area contributed by atoms with Gasteiger partial charge in [-0.3, -0.25) is 9.69 Å². The van der Waals surface area contributed by atoms with Gasteiger partial charge in [0.05, 0.1) is 0 Å². The number of rotatable bonds is 6. The smallest absolute Gasteiger partial charge is 0.231 e. The third kappa shape index (κ3) is 3.95. The molecule has 0 bridgehead atoms. The molecule has 23 heavy (non-hydrogen) atoms. The second kappa shape index (κ2) is 7.66. The van der Waals surface area contributed by atoms with E-state index in [1.165, 1.54) is 12.8 Å². The number of para-hydroxylation sites is 1. The molecule has 0 aliphatic carbocycles. The van der Waals surface area contributed by atoms with Crippen molar-refractivity contribution in [2.45, 2.75) is 38.3 Å². The lowest BCUT2D eigenvalue weighted by Crippen LogP contribution is -2.46. The molecule has 6 nitrogen and oxygen atoms in total. The summed E-state index contributed by atoms with van der Waals surface area (Å²) in [5.41, 5.74) is 6.58. The summed E-state index contributed by atoms with van der Waals surface area (Å²) in [6, 6.07) is 6.40. The van der Waals surface area contributed by atoms with Gasteiger partial charge in [0, 0.05) is 37.7 Å². The molecule has 1 atom stereocenters. The number of benzene rings is 1. The molecule has 3 rings (SSSR count). The molecule has 2 heterocycles. The number of amides is 1. The average Bonchev–Trinajstić information content (AvgIpc) is 3.04. The van der Waals surface area contributed by atoms with E-state index in [0.717, 1.165) is 36.6 Å². The predicted molar refractivity (Wildman–Crippen MR) is 87.3 cm³/mol. The number of hydrogen-bond donors (Lipinski definition) is 2. The molecule has 1 saturated heterocycles. The van der Waals surface area contributed by atoms with Crippen LogP contribution >= 0.6 is 0 Å². The number of nitrogens with zero attached hydrogens (tertiary/aromatic N) is 1. The van der Waals surface area contributed by atoms with Gasteiger partial charge in [-0.25, -0.2) is 0 Å². The van der Waals surface area contributed by atoms with Crippen molar-refractivity contribution in [3.8, 4) is 11.5 Å². The van der Waals surface area contributed by atoms with Gasteiger partial charge < -0.3 is 20.5 Å². The number of nitrogens with one attached hydrogen (secondary N) is 1. The van der Waals surface area contributed by atoms with Gasteiger partial charge in [0.25, 0.3) is 0 Å². The van der Waals surface area contributed by atoms with Gasteiger partial charge in [0.1, 0.15) is 0 Å². The minimum atomic E-state index is 0.0374. The van der Waals surface area contributed by atoms with Gasteiger partial charge >= 0.3 is 0 Å². The molecule has 126 valence electrons. The molecule has 1 fully saturated rings. The Bertz CT molecular complexity index is 550. The van der Waals surface area contributed by atoms with E-state index in [4.69, 9.17) is 15.2 Å². The van der Waals surface area contributed by atoms with Crippen LogP contribution in [0.15, 0.2) is 18.2 Å². The maximum absolute atomic E-state index is 11.7. The summed E-state index contributed by atoms with van der Waals surface area (Å²) in [7, 11) is 0. The lowest BCUT2D eigenvalue weighted by atomic mass is 10.0.